The van der Waals surface area contributed by atoms with Gasteiger partial charge in [0.25, 0.3) is 0 Å². The summed E-state index contributed by atoms with van der Waals surface area (Å²) in [6.07, 6.45) is 8.39. The van der Waals surface area contributed by atoms with Crippen molar-refractivity contribution >= 4 is 82.3 Å². The quantitative estimate of drug-likeness (QED) is 0.165. The molecule has 0 unspecified atom stereocenters. The highest BCUT2D eigenvalue weighted by molar-refractivity contribution is 7.27. The van der Waals surface area contributed by atoms with Gasteiger partial charge in [0.05, 0.1) is 4.50 Å². The van der Waals surface area contributed by atoms with Gasteiger partial charge in [-0.2, -0.15) is 0 Å². The number of nitrogens with zero attached hydrogens (tertiary/aromatic N) is 1. The number of anilines is 3. The van der Waals surface area contributed by atoms with Gasteiger partial charge in [-0.15, -0.1) is 22.7 Å². The van der Waals surface area contributed by atoms with Crippen molar-refractivity contribution in [1.82, 2.24) is 0 Å². The minimum Gasteiger partial charge on any atom is -0.404 e. The molecule has 0 atom stereocenters. The molecule has 6 rings (SSSR count). The van der Waals surface area contributed by atoms with Crippen LogP contribution in [0, 0.1) is 0 Å². The molecule has 206 valence electrons. The first-order chi connectivity index (χ1) is 20.6. The van der Waals surface area contributed by atoms with Crippen LogP contribution < -0.4 is 14.6 Å². The van der Waals surface area contributed by atoms with E-state index in [1.807, 2.05) is 48.5 Å². The van der Waals surface area contributed by atoms with Gasteiger partial charge in [0.1, 0.15) is 0 Å². The zero-order valence-corrected chi connectivity index (χ0v) is 25.4. The third-order valence-electron chi connectivity index (χ3n) is 6.83. The molecule has 0 aliphatic heterocycles. The topological polar surface area (TPSA) is 43.7 Å². The second kappa shape index (κ2) is 12.7. The number of para-hydroxylation sites is 2. The molecule has 0 spiro atoms. The minimum absolute atomic E-state index is 0.594. The molecule has 6 aromatic rings. The Kier molecular flexibility index (Phi) is 8.42. The van der Waals surface area contributed by atoms with E-state index < -0.39 is 8.56 Å². The molecule has 0 radical (unpaired) electrons. The Labute approximate surface area is 255 Å². The van der Waals surface area contributed by atoms with Crippen LogP contribution in [0.3, 0.4) is 0 Å². The third kappa shape index (κ3) is 6.44. The van der Waals surface area contributed by atoms with E-state index in [1.165, 1.54) is 16.2 Å². The summed E-state index contributed by atoms with van der Waals surface area (Å²) in [5, 5.41) is 0.594. The molecular formula is C36H29NO2S2Si. The van der Waals surface area contributed by atoms with Gasteiger partial charge in [-0.05, 0) is 89.6 Å². The minimum atomic E-state index is -3.65. The van der Waals surface area contributed by atoms with Crippen LogP contribution in [0.15, 0.2) is 140 Å². The molecule has 2 aromatic heterocycles. The molecule has 2 heterocycles. The maximum absolute atomic E-state index is 10.8. The van der Waals surface area contributed by atoms with E-state index in [9.17, 15) is 9.59 Å². The van der Waals surface area contributed by atoms with Gasteiger partial charge in [-0.3, -0.25) is 0 Å². The van der Waals surface area contributed by atoms with Crippen molar-refractivity contribution in [3.05, 3.63) is 160 Å². The monoisotopic (exact) mass is 599 g/mol. The standard InChI is InChI=1S/C36H29NO2S2Si/c38-42(39,35-14-8-3-9-15-35)36-27-26-34(41-36)25-24-33-23-22-32(40-33)21-18-28-16-19-31(20-17-28)37(29-10-4-1-5-11-29)30-12-6-2-7-13-30/h1-27,38-39H/b21-18+,25-24+. The molecule has 4 aromatic carbocycles. The average molecular weight is 600 g/mol. The summed E-state index contributed by atoms with van der Waals surface area (Å²) in [5.74, 6) is 0. The lowest BCUT2D eigenvalue weighted by atomic mass is 10.1. The van der Waals surface area contributed by atoms with E-state index >= 15 is 0 Å². The first-order valence-electron chi connectivity index (χ1n) is 13.6. The molecule has 0 saturated heterocycles. The van der Waals surface area contributed by atoms with Crippen LogP contribution in [-0.4, -0.2) is 18.2 Å². The van der Waals surface area contributed by atoms with E-state index in [0.29, 0.717) is 9.69 Å². The lowest BCUT2D eigenvalue weighted by molar-refractivity contribution is 0.402. The van der Waals surface area contributed by atoms with Crippen LogP contribution >= 0.6 is 22.7 Å². The second-order valence-electron chi connectivity index (χ2n) is 9.75. The van der Waals surface area contributed by atoms with Crippen LogP contribution in [0.25, 0.3) is 24.3 Å². The molecule has 42 heavy (non-hydrogen) atoms. The van der Waals surface area contributed by atoms with Gasteiger partial charge in [0, 0.05) is 31.7 Å². The Hall–Kier alpha value is -4.30. The number of rotatable bonds is 9. The van der Waals surface area contributed by atoms with Crippen molar-refractivity contribution in [3.63, 3.8) is 0 Å². The lowest BCUT2D eigenvalue weighted by Crippen LogP contribution is -2.57. The summed E-state index contributed by atoms with van der Waals surface area (Å²) >= 11 is 3.15. The second-order valence-corrected chi connectivity index (χ2v) is 14.8. The Balaban J connectivity index is 1.13. The fourth-order valence-electron chi connectivity index (χ4n) is 4.67. The molecule has 0 bridgehead atoms. The first-order valence-corrected chi connectivity index (χ1v) is 17.2. The van der Waals surface area contributed by atoms with Gasteiger partial charge >= 0.3 is 8.56 Å². The van der Waals surface area contributed by atoms with Gasteiger partial charge in [-0.25, -0.2) is 0 Å². The fourth-order valence-corrected chi connectivity index (χ4v) is 8.68. The van der Waals surface area contributed by atoms with Crippen molar-refractivity contribution in [2.24, 2.45) is 0 Å². The van der Waals surface area contributed by atoms with Crippen LogP contribution in [0.5, 0.6) is 0 Å². The highest BCUT2D eigenvalue weighted by atomic mass is 32.1. The SMILES string of the molecule is O[Si](O)(c1ccccc1)c1ccc(/C=C/c2ccc(/C=C/c3ccc(N(c4ccccc4)c4ccccc4)cc3)s2)s1. The van der Waals surface area contributed by atoms with E-state index in [1.54, 1.807) is 23.5 Å². The molecule has 0 saturated carbocycles. The zero-order valence-electron chi connectivity index (χ0n) is 22.7. The fraction of sp³-hybridized carbons (Fsp3) is 0. The molecule has 3 nitrogen and oxygen atoms in total. The summed E-state index contributed by atoms with van der Waals surface area (Å²) in [6.45, 7) is 0. The third-order valence-corrected chi connectivity index (χ3v) is 11.9. The van der Waals surface area contributed by atoms with Gasteiger partial charge in [-0.1, -0.05) is 84.9 Å². The Bertz CT molecular complexity index is 1750. The molecule has 0 aliphatic carbocycles. The Morgan fingerprint density at radius 3 is 1.48 bits per heavy atom. The van der Waals surface area contributed by atoms with Crippen molar-refractivity contribution in [1.29, 1.82) is 0 Å². The van der Waals surface area contributed by atoms with Gasteiger partial charge in [0.2, 0.25) is 0 Å². The molecular weight excluding hydrogens is 571 g/mol. The van der Waals surface area contributed by atoms with Crippen molar-refractivity contribution < 1.29 is 9.59 Å². The van der Waals surface area contributed by atoms with Crippen molar-refractivity contribution in [2.45, 2.75) is 0 Å². The maximum Gasteiger partial charge on any atom is 0.412 e. The van der Waals surface area contributed by atoms with E-state index in [0.717, 1.165) is 32.4 Å². The number of thiophene rings is 2. The van der Waals surface area contributed by atoms with E-state index in [-0.39, 0.29) is 0 Å². The van der Waals surface area contributed by atoms with Crippen LogP contribution in [0.2, 0.25) is 0 Å². The van der Waals surface area contributed by atoms with Crippen molar-refractivity contribution in [2.75, 3.05) is 4.90 Å². The number of hydrogen-bond acceptors (Lipinski definition) is 5. The number of hydrogen-bond donors (Lipinski definition) is 2. The molecule has 2 N–H and O–H groups in total. The predicted molar refractivity (Wildman–Crippen MR) is 184 cm³/mol. The Morgan fingerprint density at radius 2 is 0.905 bits per heavy atom. The highest BCUT2D eigenvalue weighted by Crippen LogP contribution is 2.34. The zero-order chi connectivity index (χ0) is 28.8. The largest absolute Gasteiger partial charge is 0.412 e. The summed E-state index contributed by atoms with van der Waals surface area (Å²) in [7, 11) is -3.65. The highest BCUT2D eigenvalue weighted by Gasteiger charge is 2.36. The molecule has 0 amide bonds. The molecule has 0 aliphatic rings. The van der Waals surface area contributed by atoms with E-state index in [4.69, 9.17) is 0 Å². The summed E-state index contributed by atoms with van der Waals surface area (Å²) in [5.41, 5.74) is 4.48. The molecule has 6 heteroatoms. The lowest BCUT2D eigenvalue weighted by Gasteiger charge is -2.25. The normalized spacial score (nSPS) is 11.9. The summed E-state index contributed by atoms with van der Waals surface area (Å²) < 4.78 is 0.629. The van der Waals surface area contributed by atoms with Crippen LogP contribution in [-0.2, 0) is 0 Å². The van der Waals surface area contributed by atoms with E-state index in [2.05, 4.69) is 108 Å². The van der Waals surface area contributed by atoms with Crippen molar-refractivity contribution in [3.8, 4) is 0 Å². The summed E-state index contributed by atoms with van der Waals surface area (Å²) in [4.78, 5) is 27.2. The average Bonchev–Trinajstić information content (AvgIpc) is 3.72. The summed E-state index contributed by atoms with van der Waals surface area (Å²) in [6, 6.07) is 46.5. The smallest absolute Gasteiger partial charge is 0.404 e. The van der Waals surface area contributed by atoms with Crippen LogP contribution in [0.1, 0.15) is 20.2 Å². The molecule has 0 fully saturated rings. The first kappa shape index (κ1) is 27.8. The van der Waals surface area contributed by atoms with Gasteiger partial charge < -0.3 is 14.5 Å². The number of benzene rings is 4. The van der Waals surface area contributed by atoms with Gasteiger partial charge in [0.15, 0.2) is 0 Å². The van der Waals surface area contributed by atoms with Crippen LogP contribution in [0.4, 0.5) is 17.1 Å². The maximum atomic E-state index is 10.8. The predicted octanol–water partition coefficient (Wildman–Crippen LogP) is 8.16. The Morgan fingerprint density at radius 1 is 0.452 bits per heavy atom.